The molecular weight excluding hydrogens is 150 g/mol. The molecule has 0 saturated carbocycles. The lowest BCUT2D eigenvalue weighted by Gasteiger charge is -2.01. The Morgan fingerprint density at radius 3 is 2.92 bits per heavy atom. The highest BCUT2D eigenvalue weighted by atomic mass is 14.9. The van der Waals surface area contributed by atoms with E-state index in [1.54, 1.807) is 0 Å². The van der Waals surface area contributed by atoms with E-state index in [-0.39, 0.29) is 0 Å². The van der Waals surface area contributed by atoms with Crippen LogP contribution in [0.1, 0.15) is 11.3 Å². The SMILES string of the molecule is Cc1ccc(CNCCN)nc1. The number of nitrogens with two attached hydrogens (primary N) is 1. The highest BCUT2D eigenvalue weighted by molar-refractivity contribution is 5.11. The van der Waals surface area contributed by atoms with E-state index in [9.17, 15) is 0 Å². The normalized spacial score (nSPS) is 10.2. The number of hydrogen-bond acceptors (Lipinski definition) is 3. The van der Waals surface area contributed by atoms with Gasteiger partial charge in [-0.1, -0.05) is 6.07 Å². The van der Waals surface area contributed by atoms with Gasteiger partial charge in [-0.25, -0.2) is 0 Å². The van der Waals surface area contributed by atoms with Crippen molar-refractivity contribution in [1.29, 1.82) is 0 Å². The summed E-state index contributed by atoms with van der Waals surface area (Å²) in [5.74, 6) is 0. The molecule has 3 heteroatoms. The number of nitrogens with zero attached hydrogens (tertiary/aromatic N) is 1. The van der Waals surface area contributed by atoms with Crippen molar-refractivity contribution in [3.63, 3.8) is 0 Å². The molecule has 1 rings (SSSR count). The quantitative estimate of drug-likeness (QED) is 0.636. The first kappa shape index (κ1) is 9.16. The molecule has 0 aliphatic rings. The minimum atomic E-state index is 0.672. The molecule has 0 fully saturated rings. The first-order valence-corrected chi connectivity index (χ1v) is 4.15. The van der Waals surface area contributed by atoms with E-state index in [4.69, 9.17) is 5.73 Å². The van der Waals surface area contributed by atoms with E-state index in [0.717, 1.165) is 18.8 Å². The molecule has 0 aromatic carbocycles. The van der Waals surface area contributed by atoms with Crippen LogP contribution >= 0.6 is 0 Å². The van der Waals surface area contributed by atoms with Crippen molar-refractivity contribution in [1.82, 2.24) is 10.3 Å². The molecule has 1 heterocycles. The molecule has 0 spiro atoms. The van der Waals surface area contributed by atoms with Gasteiger partial charge in [0.25, 0.3) is 0 Å². The van der Waals surface area contributed by atoms with Gasteiger partial charge in [-0.15, -0.1) is 0 Å². The van der Waals surface area contributed by atoms with Gasteiger partial charge < -0.3 is 11.1 Å². The van der Waals surface area contributed by atoms with E-state index in [1.807, 2.05) is 19.2 Å². The Morgan fingerprint density at radius 2 is 2.33 bits per heavy atom. The largest absolute Gasteiger partial charge is 0.329 e. The molecule has 1 aromatic heterocycles. The van der Waals surface area contributed by atoms with Crippen LogP contribution in [0.25, 0.3) is 0 Å². The average Bonchev–Trinajstić information content (AvgIpc) is 2.09. The van der Waals surface area contributed by atoms with Crippen molar-refractivity contribution in [2.45, 2.75) is 13.5 Å². The summed E-state index contributed by atoms with van der Waals surface area (Å²) in [6.07, 6.45) is 1.87. The fraction of sp³-hybridized carbons (Fsp3) is 0.444. The van der Waals surface area contributed by atoms with E-state index in [1.165, 1.54) is 5.56 Å². The van der Waals surface area contributed by atoms with Crippen LogP contribution in [0.5, 0.6) is 0 Å². The van der Waals surface area contributed by atoms with Crippen molar-refractivity contribution in [2.24, 2.45) is 5.73 Å². The molecular formula is C9H15N3. The Morgan fingerprint density at radius 1 is 1.50 bits per heavy atom. The lowest BCUT2D eigenvalue weighted by molar-refractivity contribution is 0.682. The lowest BCUT2D eigenvalue weighted by atomic mass is 10.3. The van der Waals surface area contributed by atoms with Crippen LogP contribution in [0.15, 0.2) is 18.3 Å². The number of nitrogens with one attached hydrogen (secondary N) is 1. The second kappa shape index (κ2) is 4.85. The summed E-state index contributed by atoms with van der Waals surface area (Å²) in [6, 6.07) is 4.09. The molecule has 1 aromatic rings. The van der Waals surface area contributed by atoms with Gasteiger partial charge in [-0.05, 0) is 18.6 Å². The highest BCUT2D eigenvalue weighted by Gasteiger charge is 1.91. The molecule has 0 radical (unpaired) electrons. The van der Waals surface area contributed by atoms with Gasteiger partial charge >= 0.3 is 0 Å². The van der Waals surface area contributed by atoms with Crippen molar-refractivity contribution in [2.75, 3.05) is 13.1 Å². The third-order valence-electron chi connectivity index (χ3n) is 1.60. The number of aromatic nitrogens is 1. The van der Waals surface area contributed by atoms with Crippen LogP contribution in [0.3, 0.4) is 0 Å². The molecule has 0 unspecified atom stereocenters. The lowest BCUT2D eigenvalue weighted by Crippen LogP contribution is -2.22. The van der Waals surface area contributed by atoms with Crippen LogP contribution in [-0.4, -0.2) is 18.1 Å². The standard InChI is InChI=1S/C9H15N3/c1-8-2-3-9(12-6-8)7-11-5-4-10/h2-3,6,11H,4-5,7,10H2,1H3. The zero-order valence-corrected chi connectivity index (χ0v) is 7.38. The van der Waals surface area contributed by atoms with Gasteiger partial charge in [0, 0.05) is 25.8 Å². The molecule has 0 saturated heterocycles. The van der Waals surface area contributed by atoms with E-state index < -0.39 is 0 Å². The highest BCUT2D eigenvalue weighted by Crippen LogP contribution is 1.97. The van der Waals surface area contributed by atoms with Gasteiger partial charge in [0.15, 0.2) is 0 Å². The molecule has 0 aliphatic heterocycles. The minimum Gasteiger partial charge on any atom is -0.329 e. The average molecular weight is 165 g/mol. The summed E-state index contributed by atoms with van der Waals surface area (Å²) in [6.45, 7) is 4.35. The maximum absolute atomic E-state index is 5.33. The van der Waals surface area contributed by atoms with E-state index in [2.05, 4.69) is 16.4 Å². The Kier molecular flexibility index (Phi) is 3.70. The molecule has 66 valence electrons. The molecule has 0 aliphatic carbocycles. The number of aryl methyl sites for hydroxylation is 1. The molecule has 3 N–H and O–H groups in total. The Labute approximate surface area is 73.0 Å². The van der Waals surface area contributed by atoms with E-state index in [0.29, 0.717) is 6.54 Å². The Hall–Kier alpha value is -0.930. The first-order valence-electron chi connectivity index (χ1n) is 4.15. The summed E-state index contributed by atoms with van der Waals surface area (Å²) in [4.78, 5) is 4.25. The molecule has 0 atom stereocenters. The molecule has 12 heavy (non-hydrogen) atoms. The summed E-state index contributed by atoms with van der Waals surface area (Å²) in [5.41, 5.74) is 7.59. The fourth-order valence-corrected chi connectivity index (χ4v) is 0.922. The van der Waals surface area contributed by atoms with Gasteiger partial charge in [0.1, 0.15) is 0 Å². The number of pyridine rings is 1. The monoisotopic (exact) mass is 165 g/mol. The zero-order valence-electron chi connectivity index (χ0n) is 7.38. The van der Waals surface area contributed by atoms with Gasteiger partial charge in [-0.2, -0.15) is 0 Å². The third kappa shape index (κ3) is 2.98. The zero-order chi connectivity index (χ0) is 8.81. The summed E-state index contributed by atoms with van der Waals surface area (Å²) in [7, 11) is 0. The maximum atomic E-state index is 5.33. The van der Waals surface area contributed by atoms with Crippen LogP contribution in [0.4, 0.5) is 0 Å². The summed E-state index contributed by atoms with van der Waals surface area (Å²) < 4.78 is 0. The minimum absolute atomic E-state index is 0.672. The molecule has 0 amide bonds. The van der Waals surface area contributed by atoms with Gasteiger partial charge in [0.05, 0.1) is 5.69 Å². The summed E-state index contributed by atoms with van der Waals surface area (Å²) in [5, 5.41) is 3.18. The Bertz CT molecular complexity index is 218. The van der Waals surface area contributed by atoms with Crippen LogP contribution in [0, 0.1) is 6.92 Å². The van der Waals surface area contributed by atoms with Crippen LogP contribution in [-0.2, 0) is 6.54 Å². The van der Waals surface area contributed by atoms with Crippen molar-refractivity contribution in [3.05, 3.63) is 29.6 Å². The molecule has 0 bridgehead atoms. The van der Waals surface area contributed by atoms with E-state index >= 15 is 0 Å². The predicted molar refractivity (Wildman–Crippen MR) is 49.7 cm³/mol. The smallest absolute Gasteiger partial charge is 0.0541 e. The maximum Gasteiger partial charge on any atom is 0.0541 e. The van der Waals surface area contributed by atoms with Crippen molar-refractivity contribution in [3.8, 4) is 0 Å². The number of rotatable bonds is 4. The van der Waals surface area contributed by atoms with Crippen molar-refractivity contribution < 1.29 is 0 Å². The predicted octanol–water partition coefficient (Wildman–Crippen LogP) is 0.438. The summed E-state index contributed by atoms with van der Waals surface area (Å²) >= 11 is 0. The number of hydrogen-bond donors (Lipinski definition) is 2. The first-order chi connectivity index (χ1) is 5.83. The third-order valence-corrected chi connectivity index (χ3v) is 1.60. The van der Waals surface area contributed by atoms with Crippen LogP contribution < -0.4 is 11.1 Å². The van der Waals surface area contributed by atoms with Crippen LogP contribution in [0.2, 0.25) is 0 Å². The second-order valence-electron chi connectivity index (χ2n) is 2.79. The molecule has 3 nitrogen and oxygen atoms in total. The second-order valence-corrected chi connectivity index (χ2v) is 2.79. The fourth-order valence-electron chi connectivity index (χ4n) is 0.922. The van der Waals surface area contributed by atoms with Gasteiger partial charge in [-0.3, -0.25) is 4.98 Å². The Balaban J connectivity index is 2.37. The topological polar surface area (TPSA) is 50.9 Å². The van der Waals surface area contributed by atoms with Gasteiger partial charge in [0.2, 0.25) is 0 Å². The van der Waals surface area contributed by atoms with Crippen molar-refractivity contribution >= 4 is 0 Å².